The number of Topliss-reactive ketones (excluding diaryl/α,β-unsaturated/α-hetero) is 1. The molecule has 0 fully saturated rings. The summed E-state index contributed by atoms with van der Waals surface area (Å²) in [4.78, 5) is 29.5. The lowest BCUT2D eigenvalue weighted by atomic mass is 10.0. The Morgan fingerprint density at radius 1 is 0.558 bits per heavy atom. The van der Waals surface area contributed by atoms with E-state index in [9.17, 15) is 9.90 Å². The molecule has 0 saturated carbocycles. The second-order valence-corrected chi connectivity index (χ2v) is 13.4. The van der Waals surface area contributed by atoms with Crippen LogP contribution in [0.15, 0.2) is 109 Å². The summed E-state index contributed by atoms with van der Waals surface area (Å²) in [6.45, 7) is 5.68. The molecule has 52 heavy (non-hydrogen) atoms. The van der Waals surface area contributed by atoms with E-state index in [0.717, 1.165) is 97.1 Å². The van der Waals surface area contributed by atoms with Crippen LogP contribution in [0.1, 0.15) is 50.7 Å². The number of aromatic hydroxyl groups is 1. The molecule has 0 aliphatic heterocycles. The number of aromatic nitrogens is 4. The minimum atomic E-state index is 0.0913. The molecule has 4 aromatic heterocycles. The van der Waals surface area contributed by atoms with Crippen molar-refractivity contribution in [1.82, 2.24) is 19.9 Å². The largest absolute Gasteiger partial charge is 0.508 e. The van der Waals surface area contributed by atoms with E-state index < -0.39 is 0 Å². The van der Waals surface area contributed by atoms with Crippen molar-refractivity contribution in [1.29, 1.82) is 0 Å². The molecular formula is C44H40N6O2. The van der Waals surface area contributed by atoms with Crippen LogP contribution in [0.5, 0.6) is 5.75 Å². The van der Waals surface area contributed by atoms with E-state index in [1.165, 1.54) is 11.1 Å². The van der Waals surface area contributed by atoms with Gasteiger partial charge in [-0.3, -0.25) is 14.8 Å². The number of phenols is 1. The molecule has 0 saturated heterocycles. The van der Waals surface area contributed by atoms with Gasteiger partial charge in [0.05, 0.1) is 11.0 Å². The number of nitrogen functional groups attached to an aromatic ring is 2. The van der Waals surface area contributed by atoms with Crippen molar-refractivity contribution in [2.45, 2.75) is 46.5 Å². The minimum absolute atomic E-state index is 0.0913. The molecule has 258 valence electrons. The minimum Gasteiger partial charge on any atom is -0.508 e. The van der Waals surface area contributed by atoms with Gasteiger partial charge in [0.25, 0.3) is 0 Å². The summed E-state index contributed by atoms with van der Waals surface area (Å²) in [6, 6.07) is 31.9. The van der Waals surface area contributed by atoms with Crippen LogP contribution >= 0.6 is 0 Å². The van der Waals surface area contributed by atoms with Crippen LogP contribution < -0.4 is 11.5 Å². The van der Waals surface area contributed by atoms with Crippen LogP contribution in [0.3, 0.4) is 0 Å². The summed E-state index contributed by atoms with van der Waals surface area (Å²) in [5, 5.41) is 13.6. The van der Waals surface area contributed by atoms with E-state index in [1.807, 2.05) is 74.8 Å². The number of carbonyl (C=O) groups is 1. The predicted octanol–water partition coefficient (Wildman–Crippen LogP) is 8.83. The monoisotopic (exact) mass is 684 g/mol. The molecule has 5 N–H and O–H groups in total. The Bertz CT molecular complexity index is 2600. The van der Waals surface area contributed by atoms with Crippen LogP contribution in [-0.4, -0.2) is 30.8 Å². The number of ketones is 1. The fourth-order valence-electron chi connectivity index (χ4n) is 6.54. The van der Waals surface area contributed by atoms with Crippen molar-refractivity contribution < 1.29 is 9.90 Å². The van der Waals surface area contributed by atoms with Gasteiger partial charge in [-0.25, -0.2) is 9.97 Å². The number of nitrogens with two attached hydrogens (primary N) is 2. The third kappa shape index (κ3) is 7.37. The first-order chi connectivity index (χ1) is 25.1. The van der Waals surface area contributed by atoms with Crippen LogP contribution in [0, 0.1) is 13.8 Å². The average molecular weight is 685 g/mol. The fraction of sp³-hybridized carbons (Fsp3) is 0.159. The lowest BCUT2D eigenvalue weighted by Crippen LogP contribution is -1.98. The molecule has 0 radical (unpaired) electrons. The number of rotatable bonds is 7. The third-order valence-corrected chi connectivity index (χ3v) is 9.44. The van der Waals surface area contributed by atoms with Crippen molar-refractivity contribution in [2.24, 2.45) is 0 Å². The Balaban J connectivity index is 0.000000162. The van der Waals surface area contributed by atoms with Crippen LogP contribution in [0.25, 0.3) is 43.6 Å². The number of nitrogens with zero attached hydrogens (tertiary/aromatic N) is 4. The number of benzene rings is 4. The van der Waals surface area contributed by atoms with E-state index in [4.69, 9.17) is 11.5 Å². The van der Waals surface area contributed by atoms with Gasteiger partial charge in [-0.15, -0.1) is 0 Å². The highest BCUT2D eigenvalue weighted by molar-refractivity contribution is 6.09. The Morgan fingerprint density at radius 2 is 0.981 bits per heavy atom. The summed E-state index contributed by atoms with van der Waals surface area (Å²) in [5.41, 5.74) is 23.3. The topological polar surface area (TPSA) is 141 Å². The summed E-state index contributed by atoms with van der Waals surface area (Å²) < 4.78 is 0. The molecule has 8 rings (SSSR count). The molecule has 0 aliphatic rings. The Kier molecular flexibility index (Phi) is 9.46. The molecule has 0 spiro atoms. The second-order valence-electron chi connectivity index (χ2n) is 13.4. The van der Waals surface area contributed by atoms with E-state index in [-0.39, 0.29) is 5.78 Å². The highest BCUT2D eigenvalue weighted by atomic mass is 16.3. The smallest absolute Gasteiger partial charge is 0.159 e. The highest BCUT2D eigenvalue weighted by Gasteiger charge is 2.11. The number of fused-ring (bicyclic) bond motifs is 6. The third-order valence-electron chi connectivity index (χ3n) is 9.44. The maximum absolute atomic E-state index is 11.4. The molecule has 0 aliphatic carbocycles. The first kappa shape index (κ1) is 34.1. The zero-order chi connectivity index (χ0) is 36.4. The molecule has 0 unspecified atom stereocenters. The first-order valence-electron chi connectivity index (χ1n) is 17.4. The first-order valence-corrected chi connectivity index (χ1v) is 17.4. The summed E-state index contributed by atoms with van der Waals surface area (Å²) in [6.07, 6.45) is 7.29. The van der Waals surface area contributed by atoms with Crippen LogP contribution in [0.2, 0.25) is 0 Å². The van der Waals surface area contributed by atoms with Gasteiger partial charge in [-0.1, -0.05) is 60.7 Å². The van der Waals surface area contributed by atoms with Gasteiger partial charge >= 0.3 is 0 Å². The average Bonchev–Trinajstić information content (AvgIpc) is 3.14. The normalized spacial score (nSPS) is 11.2. The van der Waals surface area contributed by atoms with Gasteiger partial charge in [-0.2, -0.15) is 0 Å². The van der Waals surface area contributed by atoms with Crippen molar-refractivity contribution >= 4 is 61.0 Å². The number of phenolic OH excluding ortho intramolecular Hbond substituents is 1. The molecule has 0 amide bonds. The zero-order valence-corrected chi connectivity index (χ0v) is 29.5. The molecule has 0 atom stereocenters. The number of aryl methyl sites for hydroxylation is 6. The fourth-order valence-corrected chi connectivity index (χ4v) is 6.54. The number of pyridine rings is 4. The Morgan fingerprint density at radius 3 is 1.42 bits per heavy atom. The van der Waals surface area contributed by atoms with Crippen molar-refractivity contribution in [3.63, 3.8) is 0 Å². The molecule has 8 heteroatoms. The van der Waals surface area contributed by atoms with Gasteiger partial charge in [0, 0.05) is 39.5 Å². The lowest BCUT2D eigenvalue weighted by Gasteiger charge is -2.09. The zero-order valence-electron chi connectivity index (χ0n) is 29.5. The summed E-state index contributed by atoms with van der Waals surface area (Å²) in [5.74, 6) is 1.32. The van der Waals surface area contributed by atoms with Crippen molar-refractivity contribution in [3.05, 3.63) is 148 Å². The SMILES string of the molecule is CC(=O)c1ccc(CCc2cnc3c(N)nc4cc(C)ccc4c3c2)cc1.Cc1ccc2c(c1)nc(N)c1ncc(CCc3ccc(O)cc3)cc12. The second kappa shape index (κ2) is 14.4. The molecule has 8 nitrogen and oxygen atoms in total. The highest BCUT2D eigenvalue weighted by Crippen LogP contribution is 2.29. The van der Waals surface area contributed by atoms with Crippen LogP contribution in [0.4, 0.5) is 11.6 Å². The summed E-state index contributed by atoms with van der Waals surface area (Å²) in [7, 11) is 0. The Labute approximate surface area is 302 Å². The Hall–Kier alpha value is -6.41. The van der Waals surface area contributed by atoms with Gasteiger partial charge < -0.3 is 16.6 Å². The van der Waals surface area contributed by atoms with E-state index in [1.54, 1.807) is 19.1 Å². The van der Waals surface area contributed by atoms with Gasteiger partial charge in [0.15, 0.2) is 17.4 Å². The predicted molar refractivity (Wildman–Crippen MR) is 212 cm³/mol. The maximum Gasteiger partial charge on any atom is 0.159 e. The standard InChI is InChI=1S/C23H21N3O.C21H19N3O/c1-14-3-10-19-20-12-17(13-25-22(20)23(24)26-21(19)11-14)5-4-16-6-8-18(9-7-16)15(2)27;1-13-2-9-17-18-11-15(4-3-14-5-7-16(25)8-6-14)12-23-20(18)21(22)24-19(17)10-13/h3,6-13H,4-5H2,1-2H3,(H2,24,26);2,5-12,25H,3-4H2,1H3,(H2,22,24). The van der Waals surface area contributed by atoms with E-state index >= 15 is 0 Å². The molecule has 4 heterocycles. The lowest BCUT2D eigenvalue weighted by molar-refractivity contribution is 0.101. The van der Waals surface area contributed by atoms with Gasteiger partial charge in [0.1, 0.15) is 16.8 Å². The molecular weight excluding hydrogens is 645 g/mol. The summed E-state index contributed by atoms with van der Waals surface area (Å²) >= 11 is 0. The number of carbonyl (C=O) groups excluding carboxylic acids is 1. The van der Waals surface area contributed by atoms with E-state index in [2.05, 4.69) is 56.3 Å². The van der Waals surface area contributed by atoms with Crippen LogP contribution in [-0.2, 0) is 25.7 Å². The number of anilines is 2. The maximum atomic E-state index is 11.4. The molecule has 4 aromatic carbocycles. The van der Waals surface area contributed by atoms with Crippen molar-refractivity contribution in [2.75, 3.05) is 11.5 Å². The molecule has 0 bridgehead atoms. The van der Waals surface area contributed by atoms with Crippen molar-refractivity contribution in [3.8, 4) is 5.75 Å². The van der Waals surface area contributed by atoms with Gasteiger partial charge in [-0.05, 0) is 116 Å². The quantitative estimate of drug-likeness (QED) is 0.112. The molecule has 8 aromatic rings. The van der Waals surface area contributed by atoms with E-state index in [0.29, 0.717) is 17.4 Å². The number of hydrogen-bond acceptors (Lipinski definition) is 8. The number of hydrogen-bond donors (Lipinski definition) is 3. The van der Waals surface area contributed by atoms with Gasteiger partial charge in [0.2, 0.25) is 0 Å².